The molecule has 0 radical (unpaired) electrons. The zero-order valence-corrected chi connectivity index (χ0v) is 12.1. The van der Waals surface area contributed by atoms with Crippen molar-refractivity contribution in [3.63, 3.8) is 0 Å². The monoisotopic (exact) mass is 315 g/mol. The number of carbonyl (C=O) groups is 1. The summed E-state index contributed by atoms with van der Waals surface area (Å²) in [4.78, 5) is 13.9. The van der Waals surface area contributed by atoms with Crippen molar-refractivity contribution >= 4 is 33.4 Å². The summed E-state index contributed by atoms with van der Waals surface area (Å²) in [5, 5.41) is 0.577. The standard InChI is InChI=1S/C13H15BrClNO/c1-16(8-9-3-2-4-9)13(17)10-5-6-11(14)12(15)7-10/h5-7,9H,2-4,8H2,1H3. The van der Waals surface area contributed by atoms with Crippen LogP contribution in [0.15, 0.2) is 22.7 Å². The van der Waals surface area contributed by atoms with Crippen molar-refractivity contribution < 1.29 is 4.79 Å². The topological polar surface area (TPSA) is 20.3 Å². The molecule has 0 aromatic heterocycles. The molecule has 0 saturated heterocycles. The lowest BCUT2D eigenvalue weighted by molar-refractivity contribution is 0.0745. The molecule has 17 heavy (non-hydrogen) atoms. The molecule has 2 nitrogen and oxygen atoms in total. The minimum atomic E-state index is 0.0475. The summed E-state index contributed by atoms with van der Waals surface area (Å²) >= 11 is 9.31. The fourth-order valence-electron chi connectivity index (χ4n) is 2.00. The second-order valence-corrected chi connectivity index (χ2v) is 5.87. The molecule has 1 aliphatic rings. The molecule has 0 heterocycles. The summed E-state index contributed by atoms with van der Waals surface area (Å²) in [6, 6.07) is 5.33. The summed E-state index contributed by atoms with van der Waals surface area (Å²) < 4.78 is 0.817. The van der Waals surface area contributed by atoms with E-state index in [-0.39, 0.29) is 5.91 Å². The molecular weight excluding hydrogens is 302 g/mol. The number of hydrogen-bond acceptors (Lipinski definition) is 1. The Bertz CT molecular complexity index is 431. The third-order valence-corrected chi connectivity index (χ3v) is 4.50. The van der Waals surface area contributed by atoms with Gasteiger partial charge in [-0.25, -0.2) is 0 Å². The van der Waals surface area contributed by atoms with Crippen LogP contribution in [0.5, 0.6) is 0 Å². The van der Waals surface area contributed by atoms with E-state index in [9.17, 15) is 4.79 Å². The largest absolute Gasteiger partial charge is 0.341 e. The summed E-state index contributed by atoms with van der Waals surface area (Å²) in [6.45, 7) is 0.854. The Morgan fingerprint density at radius 2 is 2.24 bits per heavy atom. The summed E-state index contributed by atoms with van der Waals surface area (Å²) in [5.41, 5.74) is 0.653. The lowest BCUT2D eigenvalue weighted by atomic mass is 9.85. The Labute approximate surface area is 115 Å². The van der Waals surface area contributed by atoms with Gasteiger partial charge in [0.05, 0.1) is 5.02 Å². The molecule has 1 amide bonds. The van der Waals surface area contributed by atoms with E-state index in [1.165, 1.54) is 19.3 Å². The molecule has 1 fully saturated rings. The predicted octanol–water partition coefficient (Wildman–Crippen LogP) is 3.97. The van der Waals surface area contributed by atoms with Crippen molar-refractivity contribution in [3.8, 4) is 0 Å². The average molecular weight is 317 g/mol. The summed E-state index contributed by atoms with van der Waals surface area (Å²) in [5.74, 6) is 0.737. The molecule has 0 atom stereocenters. The van der Waals surface area contributed by atoms with Crippen LogP contribution in [0, 0.1) is 5.92 Å². The van der Waals surface area contributed by atoms with Gasteiger partial charge < -0.3 is 4.90 Å². The van der Waals surface area contributed by atoms with Crippen LogP contribution in [0.1, 0.15) is 29.6 Å². The SMILES string of the molecule is CN(CC1CCC1)C(=O)c1ccc(Br)c(Cl)c1. The Morgan fingerprint density at radius 1 is 1.53 bits per heavy atom. The molecule has 4 heteroatoms. The van der Waals surface area contributed by atoms with E-state index >= 15 is 0 Å². The lowest BCUT2D eigenvalue weighted by Crippen LogP contribution is -2.34. The molecule has 1 saturated carbocycles. The Morgan fingerprint density at radius 3 is 2.76 bits per heavy atom. The van der Waals surface area contributed by atoms with Crippen LogP contribution in [-0.4, -0.2) is 24.4 Å². The van der Waals surface area contributed by atoms with Gasteiger partial charge in [-0.15, -0.1) is 0 Å². The van der Waals surface area contributed by atoms with E-state index in [2.05, 4.69) is 15.9 Å². The first-order valence-electron chi connectivity index (χ1n) is 5.78. The molecule has 0 bridgehead atoms. The first-order chi connectivity index (χ1) is 8.08. The third-order valence-electron chi connectivity index (χ3n) is 3.27. The van der Waals surface area contributed by atoms with Gasteiger partial charge in [0.1, 0.15) is 0 Å². The van der Waals surface area contributed by atoms with Crippen LogP contribution in [0.3, 0.4) is 0 Å². The van der Waals surface area contributed by atoms with Gasteiger partial charge in [-0.1, -0.05) is 18.0 Å². The van der Waals surface area contributed by atoms with Gasteiger partial charge in [-0.3, -0.25) is 4.79 Å². The Kier molecular flexibility index (Phi) is 4.10. The molecular formula is C13H15BrClNO. The quantitative estimate of drug-likeness (QED) is 0.826. The van der Waals surface area contributed by atoms with Crippen molar-refractivity contribution in [1.82, 2.24) is 4.90 Å². The smallest absolute Gasteiger partial charge is 0.253 e. The molecule has 0 aliphatic heterocycles. The number of hydrogen-bond donors (Lipinski definition) is 0. The van der Waals surface area contributed by atoms with E-state index in [0.717, 1.165) is 11.0 Å². The molecule has 92 valence electrons. The number of halogens is 2. The molecule has 1 aromatic rings. The number of benzene rings is 1. The maximum atomic E-state index is 12.1. The van der Waals surface area contributed by atoms with Crippen molar-refractivity contribution in [2.45, 2.75) is 19.3 Å². The second-order valence-electron chi connectivity index (χ2n) is 4.61. The predicted molar refractivity (Wildman–Crippen MR) is 73.5 cm³/mol. The first-order valence-corrected chi connectivity index (χ1v) is 6.95. The third kappa shape index (κ3) is 3.02. The number of nitrogens with zero attached hydrogens (tertiary/aromatic N) is 1. The normalized spacial score (nSPS) is 15.5. The van der Waals surface area contributed by atoms with Gasteiger partial charge in [-0.2, -0.15) is 0 Å². The Balaban J connectivity index is 2.04. The number of carbonyl (C=O) groups excluding carboxylic acids is 1. The van der Waals surface area contributed by atoms with Gasteiger partial charge in [0.25, 0.3) is 5.91 Å². The van der Waals surface area contributed by atoms with Gasteiger partial charge >= 0.3 is 0 Å². The summed E-state index contributed by atoms with van der Waals surface area (Å²) in [7, 11) is 1.86. The minimum absolute atomic E-state index is 0.0475. The number of amides is 1. The van der Waals surface area contributed by atoms with Crippen molar-refractivity contribution in [3.05, 3.63) is 33.3 Å². The molecule has 2 rings (SSSR count). The zero-order chi connectivity index (χ0) is 12.4. The van der Waals surface area contributed by atoms with Crippen LogP contribution in [-0.2, 0) is 0 Å². The van der Waals surface area contributed by atoms with Gasteiger partial charge in [0, 0.05) is 23.6 Å². The van der Waals surface area contributed by atoms with Crippen molar-refractivity contribution in [2.24, 2.45) is 5.92 Å². The van der Waals surface area contributed by atoms with E-state index in [1.54, 1.807) is 17.0 Å². The fourth-order valence-corrected chi connectivity index (χ4v) is 2.42. The van der Waals surface area contributed by atoms with Gasteiger partial charge in [0.15, 0.2) is 0 Å². The molecule has 0 spiro atoms. The van der Waals surface area contributed by atoms with Crippen LogP contribution in [0.2, 0.25) is 5.02 Å². The van der Waals surface area contributed by atoms with Crippen molar-refractivity contribution in [2.75, 3.05) is 13.6 Å². The second kappa shape index (κ2) is 5.40. The molecule has 1 aliphatic carbocycles. The van der Waals surface area contributed by atoms with Crippen LogP contribution < -0.4 is 0 Å². The highest BCUT2D eigenvalue weighted by atomic mass is 79.9. The highest BCUT2D eigenvalue weighted by Gasteiger charge is 2.22. The van der Waals surface area contributed by atoms with Crippen molar-refractivity contribution in [1.29, 1.82) is 0 Å². The van der Waals surface area contributed by atoms with E-state index in [0.29, 0.717) is 16.5 Å². The minimum Gasteiger partial charge on any atom is -0.341 e. The molecule has 0 N–H and O–H groups in total. The molecule has 0 unspecified atom stereocenters. The van der Waals surface area contributed by atoms with Crippen LogP contribution in [0.4, 0.5) is 0 Å². The van der Waals surface area contributed by atoms with Crippen LogP contribution >= 0.6 is 27.5 Å². The molecule has 1 aromatic carbocycles. The van der Waals surface area contributed by atoms with Gasteiger partial charge in [0.2, 0.25) is 0 Å². The average Bonchev–Trinajstić information content (AvgIpc) is 2.26. The Hall–Kier alpha value is -0.540. The maximum Gasteiger partial charge on any atom is 0.253 e. The highest BCUT2D eigenvalue weighted by Crippen LogP contribution is 2.28. The van der Waals surface area contributed by atoms with Crippen LogP contribution in [0.25, 0.3) is 0 Å². The summed E-state index contributed by atoms with van der Waals surface area (Å²) in [6.07, 6.45) is 3.80. The van der Waals surface area contributed by atoms with E-state index in [4.69, 9.17) is 11.6 Å². The number of rotatable bonds is 3. The lowest BCUT2D eigenvalue weighted by Gasteiger charge is -2.30. The highest BCUT2D eigenvalue weighted by molar-refractivity contribution is 9.10. The zero-order valence-electron chi connectivity index (χ0n) is 9.75. The maximum absolute atomic E-state index is 12.1. The first kappa shape index (κ1) is 12.9. The van der Waals surface area contributed by atoms with E-state index in [1.807, 2.05) is 13.1 Å². The fraction of sp³-hybridized carbons (Fsp3) is 0.462. The van der Waals surface area contributed by atoms with E-state index < -0.39 is 0 Å². The van der Waals surface area contributed by atoms with Gasteiger partial charge in [-0.05, 0) is 52.9 Å².